The zero-order valence-corrected chi connectivity index (χ0v) is 10.2. The van der Waals surface area contributed by atoms with Gasteiger partial charge in [0.1, 0.15) is 5.69 Å². The molecule has 0 aliphatic carbocycles. The standard InChI is InChI=1S/C12H18N4O/c1-14-6-4-11(13-14)12(17)16-8-7-15-5-2-3-10(15)9-16/h4,6,10H,2-3,5,7-9H2,1H3/t10-/m0/s1. The van der Waals surface area contributed by atoms with Gasteiger partial charge in [0.05, 0.1) is 0 Å². The first kappa shape index (κ1) is 10.8. The number of carbonyl (C=O) groups excluding carboxylic acids is 1. The molecule has 2 saturated heterocycles. The molecule has 0 N–H and O–H groups in total. The second-order valence-electron chi connectivity index (χ2n) is 4.96. The van der Waals surface area contributed by atoms with E-state index in [2.05, 4.69) is 10.00 Å². The summed E-state index contributed by atoms with van der Waals surface area (Å²) in [5, 5.41) is 4.18. The van der Waals surface area contributed by atoms with E-state index in [-0.39, 0.29) is 5.91 Å². The second-order valence-corrected chi connectivity index (χ2v) is 4.96. The largest absolute Gasteiger partial charge is 0.334 e. The van der Waals surface area contributed by atoms with Crippen molar-refractivity contribution in [3.8, 4) is 0 Å². The molecule has 5 heteroatoms. The summed E-state index contributed by atoms with van der Waals surface area (Å²) in [6.45, 7) is 3.93. The van der Waals surface area contributed by atoms with E-state index in [4.69, 9.17) is 0 Å². The lowest BCUT2D eigenvalue weighted by atomic mass is 10.1. The minimum atomic E-state index is 0.0807. The van der Waals surface area contributed by atoms with Crippen molar-refractivity contribution in [3.05, 3.63) is 18.0 Å². The summed E-state index contributed by atoms with van der Waals surface area (Å²) in [5.41, 5.74) is 0.568. The summed E-state index contributed by atoms with van der Waals surface area (Å²) in [7, 11) is 1.84. The van der Waals surface area contributed by atoms with Crippen LogP contribution in [0.5, 0.6) is 0 Å². The summed E-state index contributed by atoms with van der Waals surface area (Å²) >= 11 is 0. The Morgan fingerprint density at radius 3 is 3.06 bits per heavy atom. The van der Waals surface area contributed by atoms with Crippen molar-refractivity contribution in [2.24, 2.45) is 7.05 Å². The minimum absolute atomic E-state index is 0.0807. The van der Waals surface area contributed by atoms with E-state index in [1.165, 1.54) is 19.4 Å². The Kier molecular flexibility index (Phi) is 2.63. The van der Waals surface area contributed by atoms with Gasteiger partial charge in [-0.3, -0.25) is 14.4 Å². The predicted octanol–water partition coefficient (Wildman–Crippen LogP) is 0.340. The normalized spacial score (nSPS) is 25.0. The molecule has 5 nitrogen and oxygen atoms in total. The number of amides is 1. The Hall–Kier alpha value is -1.36. The smallest absolute Gasteiger partial charge is 0.274 e. The first-order valence-electron chi connectivity index (χ1n) is 6.27. The molecule has 1 aromatic heterocycles. The molecule has 1 aromatic rings. The molecule has 0 spiro atoms. The first-order valence-corrected chi connectivity index (χ1v) is 6.27. The Morgan fingerprint density at radius 1 is 1.41 bits per heavy atom. The number of nitrogens with zero attached hydrogens (tertiary/aromatic N) is 4. The van der Waals surface area contributed by atoms with Crippen LogP contribution in [0, 0.1) is 0 Å². The van der Waals surface area contributed by atoms with E-state index in [1.807, 2.05) is 18.1 Å². The predicted molar refractivity (Wildman–Crippen MR) is 63.7 cm³/mol. The van der Waals surface area contributed by atoms with E-state index >= 15 is 0 Å². The van der Waals surface area contributed by atoms with E-state index in [0.29, 0.717) is 11.7 Å². The molecule has 0 unspecified atom stereocenters. The van der Waals surface area contributed by atoms with Gasteiger partial charge < -0.3 is 4.90 Å². The summed E-state index contributed by atoms with van der Waals surface area (Å²) in [6.07, 6.45) is 4.32. The van der Waals surface area contributed by atoms with Gasteiger partial charge in [-0.1, -0.05) is 0 Å². The van der Waals surface area contributed by atoms with Crippen LogP contribution in [0.15, 0.2) is 12.3 Å². The highest BCUT2D eigenvalue weighted by Crippen LogP contribution is 2.22. The fourth-order valence-electron chi connectivity index (χ4n) is 2.87. The number of hydrogen-bond donors (Lipinski definition) is 0. The molecule has 0 saturated carbocycles. The third kappa shape index (κ3) is 1.95. The first-order chi connectivity index (χ1) is 8.24. The van der Waals surface area contributed by atoms with Gasteiger partial charge in [0.2, 0.25) is 0 Å². The highest BCUT2D eigenvalue weighted by atomic mass is 16.2. The summed E-state index contributed by atoms with van der Waals surface area (Å²) < 4.78 is 1.68. The zero-order valence-electron chi connectivity index (χ0n) is 10.2. The number of piperazine rings is 1. The average Bonchev–Trinajstić information content (AvgIpc) is 2.95. The maximum Gasteiger partial charge on any atom is 0.274 e. The van der Waals surface area contributed by atoms with Gasteiger partial charge in [-0.2, -0.15) is 5.10 Å². The number of aryl methyl sites for hydroxylation is 1. The third-order valence-corrected chi connectivity index (χ3v) is 3.81. The lowest BCUT2D eigenvalue weighted by Gasteiger charge is -2.37. The molecule has 1 amide bonds. The Bertz CT molecular complexity index is 428. The number of hydrogen-bond acceptors (Lipinski definition) is 3. The van der Waals surface area contributed by atoms with Gasteiger partial charge in [-0.05, 0) is 25.5 Å². The monoisotopic (exact) mass is 234 g/mol. The molecule has 2 aliphatic rings. The van der Waals surface area contributed by atoms with Crippen molar-refractivity contribution in [1.29, 1.82) is 0 Å². The maximum absolute atomic E-state index is 12.2. The van der Waals surface area contributed by atoms with E-state index < -0.39 is 0 Å². The topological polar surface area (TPSA) is 41.4 Å². The van der Waals surface area contributed by atoms with Crippen LogP contribution >= 0.6 is 0 Å². The second kappa shape index (κ2) is 4.14. The Morgan fingerprint density at radius 2 is 2.29 bits per heavy atom. The number of fused-ring (bicyclic) bond motifs is 1. The minimum Gasteiger partial charge on any atom is -0.334 e. The Labute approximate surface area is 101 Å². The summed E-state index contributed by atoms with van der Waals surface area (Å²) in [4.78, 5) is 16.7. The Balaban J connectivity index is 1.70. The third-order valence-electron chi connectivity index (χ3n) is 3.81. The molecule has 0 bridgehead atoms. The van der Waals surface area contributed by atoms with E-state index in [1.54, 1.807) is 10.7 Å². The van der Waals surface area contributed by atoms with Crippen LogP contribution in [-0.2, 0) is 7.05 Å². The molecular weight excluding hydrogens is 216 g/mol. The quantitative estimate of drug-likeness (QED) is 0.703. The number of rotatable bonds is 1. The molecule has 0 radical (unpaired) electrons. The van der Waals surface area contributed by atoms with Crippen LogP contribution in [-0.4, -0.2) is 57.7 Å². The van der Waals surface area contributed by atoms with Crippen molar-refractivity contribution in [2.45, 2.75) is 18.9 Å². The van der Waals surface area contributed by atoms with E-state index in [0.717, 1.165) is 19.6 Å². The average molecular weight is 234 g/mol. The molecule has 1 atom stereocenters. The van der Waals surface area contributed by atoms with E-state index in [9.17, 15) is 4.79 Å². The number of aromatic nitrogens is 2. The van der Waals surface area contributed by atoms with Crippen LogP contribution in [0.1, 0.15) is 23.3 Å². The maximum atomic E-state index is 12.2. The lowest BCUT2D eigenvalue weighted by molar-refractivity contribution is 0.0565. The van der Waals surface area contributed by atoms with Crippen molar-refractivity contribution >= 4 is 5.91 Å². The van der Waals surface area contributed by atoms with Gasteiger partial charge >= 0.3 is 0 Å². The summed E-state index contributed by atoms with van der Waals surface area (Å²) in [6, 6.07) is 2.38. The van der Waals surface area contributed by atoms with Gasteiger partial charge in [-0.25, -0.2) is 0 Å². The fourth-order valence-corrected chi connectivity index (χ4v) is 2.87. The number of carbonyl (C=O) groups is 1. The van der Waals surface area contributed by atoms with Gasteiger partial charge in [-0.15, -0.1) is 0 Å². The van der Waals surface area contributed by atoms with Crippen molar-refractivity contribution in [2.75, 3.05) is 26.2 Å². The van der Waals surface area contributed by atoms with Crippen molar-refractivity contribution in [1.82, 2.24) is 19.6 Å². The van der Waals surface area contributed by atoms with Crippen LogP contribution in [0.4, 0.5) is 0 Å². The molecular formula is C12H18N4O. The highest BCUT2D eigenvalue weighted by Gasteiger charge is 2.33. The van der Waals surface area contributed by atoms with Crippen molar-refractivity contribution < 1.29 is 4.79 Å². The fraction of sp³-hybridized carbons (Fsp3) is 0.667. The molecule has 2 fully saturated rings. The molecule has 2 aliphatic heterocycles. The molecule has 3 heterocycles. The molecule has 17 heavy (non-hydrogen) atoms. The molecule has 0 aromatic carbocycles. The highest BCUT2D eigenvalue weighted by molar-refractivity contribution is 5.92. The molecule has 3 rings (SSSR count). The zero-order chi connectivity index (χ0) is 11.8. The van der Waals surface area contributed by atoms with Crippen LogP contribution in [0.2, 0.25) is 0 Å². The lowest BCUT2D eigenvalue weighted by Crippen LogP contribution is -2.52. The molecule has 92 valence electrons. The van der Waals surface area contributed by atoms with Gasteiger partial charge in [0, 0.05) is 38.9 Å². The van der Waals surface area contributed by atoms with Gasteiger partial charge in [0.25, 0.3) is 5.91 Å². The SMILES string of the molecule is Cn1ccc(C(=O)N2CCN3CCC[C@H]3C2)n1. The van der Waals surface area contributed by atoms with Crippen molar-refractivity contribution in [3.63, 3.8) is 0 Å². The van der Waals surface area contributed by atoms with Crippen LogP contribution in [0.3, 0.4) is 0 Å². The summed E-state index contributed by atoms with van der Waals surface area (Å²) in [5.74, 6) is 0.0807. The van der Waals surface area contributed by atoms with Gasteiger partial charge in [0.15, 0.2) is 0 Å². The van der Waals surface area contributed by atoms with Crippen LogP contribution in [0.25, 0.3) is 0 Å². The van der Waals surface area contributed by atoms with Crippen LogP contribution < -0.4 is 0 Å².